The molecule has 1 amide bonds. The quantitative estimate of drug-likeness (QED) is 0.702. The van der Waals surface area contributed by atoms with Crippen molar-refractivity contribution in [2.24, 2.45) is 11.3 Å². The monoisotopic (exact) mass is 233 g/mol. The maximum Gasteiger partial charge on any atom is 0.227 e. The average molecular weight is 234 g/mol. The molecular formula is C12H24ClNO. The Labute approximate surface area is 98.8 Å². The molecular weight excluding hydrogens is 210 g/mol. The molecule has 0 bridgehead atoms. The van der Waals surface area contributed by atoms with Gasteiger partial charge < -0.3 is 5.32 Å². The molecule has 0 fully saturated rings. The van der Waals surface area contributed by atoms with E-state index in [0.717, 1.165) is 12.8 Å². The Hall–Kier alpha value is -0.240. The molecule has 3 heteroatoms. The summed E-state index contributed by atoms with van der Waals surface area (Å²) >= 11 is 5.74. The van der Waals surface area contributed by atoms with E-state index >= 15 is 0 Å². The van der Waals surface area contributed by atoms with E-state index < -0.39 is 5.41 Å². The highest BCUT2D eigenvalue weighted by Gasteiger charge is 2.27. The Balaban J connectivity index is 3.96. The van der Waals surface area contributed by atoms with E-state index in [4.69, 9.17) is 11.6 Å². The van der Waals surface area contributed by atoms with Crippen LogP contribution in [-0.4, -0.2) is 17.8 Å². The number of halogens is 1. The topological polar surface area (TPSA) is 29.1 Å². The van der Waals surface area contributed by atoms with Crippen LogP contribution in [0.3, 0.4) is 0 Å². The molecule has 0 rings (SSSR count). The van der Waals surface area contributed by atoms with Crippen molar-refractivity contribution in [1.82, 2.24) is 5.32 Å². The van der Waals surface area contributed by atoms with Crippen LogP contribution in [0.5, 0.6) is 0 Å². The number of hydrogen-bond donors (Lipinski definition) is 1. The third-order valence-corrected chi connectivity index (χ3v) is 3.17. The molecule has 0 aliphatic carbocycles. The first-order valence-corrected chi connectivity index (χ1v) is 6.20. The summed E-state index contributed by atoms with van der Waals surface area (Å²) in [6, 6.07) is 0.238. The van der Waals surface area contributed by atoms with E-state index in [0.29, 0.717) is 11.8 Å². The minimum atomic E-state index is -0.465. The lowest BCUT2D eigenvalue weighted by atomic mass is 9.94. The van der Waals surface area contributed by atoms with Crippen molar-refractivity contribution < 1.29 is 4.79 Å². The minimum absolute atomic E-state index is 0.0498. The molecule has 90 valence electrons. The first kappa shape index (κ1) is 14.8. The van der Waals surface area contributed by atoms with Crippen LogP contribution in [0.4, 0.5) is 0 Å². The summed E-state index contributed by atoms with van der Waals surface area (Å²) in [6.45, 7) is 10.2. The summed E-state index contributed by atoms with van der Waals surface area (Å²) in [5.41, 5.74) is -0.465. The van der Waals surface area contributed by atoms with Crippen molar-refractivity contribution in [3.63, 3.8) is 0 Å². The lowest BCUT2D eigenvalue weighted by Gasteiger charge is -2.24. The van der Waals surface area contributed by atoms with Gasteiger partial charge in [0.2, 0.25) is 5.91 Å². The van der Waals surface area contributed by atoms with Gasteiger partial charge in [0.05, 0.1) is 5.41 Å². The molecule has 0 saturated carbocycles. The van der Waals surface area contributed by atoms with Crippen LogP contribution in [-0.2, 0) is 4.79 Å². The van der Waals surface area contributed by atoms with Gasteiger partial charge in [-0.3, -0.25) is 4.79 Å². The van der Waals surface area contributed by atoms with E-state index in [1.807, 2.05) is 20.8 Å². The van der Waals surface area contributed by atoms with E-state index in [1.54, 1.807) is 0 Å². The molecule has 0 radical (unpaired) electrons. The van der Waals surface area contributed by atoms with Gasteiger partial charge in [-0.2, -0.15) is 0 Å². The van der Waals surface area contributed by atoms with Gasteiger partial charge in [-0.15, -0.1) is 11.6 Å². The van der Waals surface area contributed by atoms with Crippen LogP contribution in [0.2, 0.25) is 0 Å². The molecule has 0 spiro atoms. The summed E-state index contributed by atoms with van der Waals surface area (Å²) in [5.74, 6) is 1.09. The van der Waals surface area contributed by atoms with Gasteiger partial charge in [-0.05, 0) is 39.5 Å². The second-order valence-corrected chi connectivity index (χ2v) is 5.63. The minimum Gasteiger partial charge on any atom is -0.353 e. The van der Waals surface area contributed by atoms with Crippen LogP contribution >= 0.6 is 11.6 Å². The molecule has 1 unspecified atom stereocenters. The van der Waals surface area contributed by atoms with Gasteiger partial charge in [0.1, 0.15) is 0 Å². The highest BCUT2D eigenvalue weighted by Crippen LogP contribution is 2.17. The van der Waals surface area contributed by atoms with Crippen molar-refractivity contribution in [2.75, 3.05) is 5.88 Å². The summed E-state index contributed by atoms with van der Waals surface area (Å²) in [6.07, 6.45) is 2.17. The maximum atomic E-state index is 11.8. The van der Waals surface area contributed by atoms with E-state index in [1.165, 1.54) is 0 Å². The predicted molar refractivity (Wildman–Crippen MR) is 66.2 cm³/mol. The largest absolute Gasteiger partial charge is 0.353 e. The van der Waals surface area contributed by atoms with Crippen LogP contribution in [0.1, 0.15) is 47.5 Å². The number of nitrogens with one attached hydrogen (secondary N) is 1. The second-order valence-electron chi connectivity index (χ2n) is 5.36. The van der Waals surface area contributed by atoms with Crippen LogP contribution in [0.25, 0.3) is 0 Å². The number of carbonyl (C=O) groups is 1. The van der Waals surface area contributed by atoms with Crippen LogP contribution in [0, 0.1) is 11.3 Å². The zero-order chi connectivity index (χ0) is 12.1. The highest BCUT2D eigenvalue weighted by molar-refractivity contribution is 6.19. The normalized spacial score (nSPS) is 14.1. The van der Waals surface area contributed by atoms with Gasteiger partial charge in [0.15, 0.2) is 0 Å². The molecule has 0 heterocycles. The molecule has 0 aliphatic rings. The lowest BCUT2D eigenvalue weighted by Crippen LogP contribution is -2.42. The first-order valence-electron chi connectivity index (χ1n) is 5.66. The summed E-state index contributed by atoms with van der Waals surface area (Å²) < 4.78 is 0. The Morgan fingerprint density at radius 2 is 1.80 bits per heavy atom. The highest BCUT2D eigenvalue weighted by atomic mass is 35.5. The third-order valence-electron chi connectivity index (χ3n) is 2.50. The van der Waals surface area contributed by atoms with Gasteiger partial charge in [0.25, 0.3) is 0 Å². The third kappa shape index (κ3) is 6.03. The molecule has 0 saturated heterocycles. The van der Waals surface area contributed by atoms with Crippen molar-refractivity contribution >= 4 is 17.5 Å². The molecule has 0 aromatic heterocycles. The predicted octanol–water partition coefficient (Wildman–Crippen LogP) is 3.19. The van der Waals surface area contributed by atoms with Gasteiger partial charge in [0, 0.05) is 11.9 Å². The van der Waals surface area contributed by atoms with E-state index in [2.05, 4.69) is 19.2 Å². The SMILES string of the molecule is CC(C)CCC(C)NC(=O)C(C)(C)CCl. The zero-order valence-electron chi connectivity index (χ0n) is 10.6. The van der Waals surface area contributed by atoms with Crippen molar-refractivity contribution in [3.05, 3.63) is 0 Å². The average Bonchev–Trinajstić information content (AvgIpc) is 2.14. The molecule has 2 nitrogen and oxygen atoms in total. The number of amides is 1. The van der Waals surface area contributed by atoms with Crippen molar-refractivity contribution in [2.45, 2.75) is 53.5 Å². The molecule has 15 heavy (non-hydrogen) atoms. The summed E-state index contributed by atoms with van der Waals surface area (Å²) in [4.78, 5) is 11.8. The number of hydrogen-bond acceptors (Lipinski definition) is 1. The molecule has 0 aliphatic heterocycles. The lowest BCUT2D eigenvalue weighted by molar-refractivity contribution is -0.129. The second kappa shape index (κ2) is 6.37. The number of rotatable bonds is 6. The van der Waals surface area contributed by atoms with E-state index in [-0.39, 0.29) is 11.9 Å². The zero-order valence-corrected chi connectivity index (χ0v) is 11.3. The Kier molecular flexibility index (Phi) is 6.26. The molecule has 1 atom stereocenters. The fourth-order valence-corrected chi connectivity index (χ4v) is 1.26. The summed E-state index contributed by atoms with van der Waals surface area (Å²) in [5, 5.41) is 3.00. The molecule has 1 N–H and O–H groups in total. The molecule has 0 aromatic rings. The number of carbonyl (C=O) groups excluding carboxylic acids is 1. The first-order chi connectivity index (χ1) is 6.79. The Bertz CT molecular complexity index is 202. The fourth-order valence-electron chi connectivity index (χ4n) is 1.14. The summed E-state index contributed by atoms with van der Waals surface area (Å²) in [7, 11) is 0. The fraction of sp³-hybridized carbons (Fsp3) is 0.917. The Morgan fingerprint density at radius 1 is 1.27 bits per heavy atom. The van der Waals surface area contributed by atoms with Gasteiger partial charge in [-0.25, -0.2) is 0 Å². The Morgan fingerprint density at radius 3 is 2.20 bits per heavy atom. The van der Waals surface area contributed by atoms with Gasteiger partial charge in [-0.1, -0.05) is 13.8 Å². The smallest absolute Gasteiger partial charge is 0.227 e. The van der Waals surface area contributed by atoms with Gasteiger partial charge >= 0.3 is 0 Å². The van der Waals surface area contributed by atoms with Crippen molar-refractivity contribution in [1.29, 1.82) is 0 Å². The maximum absolute atomic E-state index is 11.8. The van der Waals surface area contributed by atoms with Crippen LogP contribution in [0.15, 0.2) is 0 Å². The molecule has 0 aromatic carbocycles. The van der Waals surface area contributed by atoms with Crippen LogP contribution < -0.4 is 5.32 Å². The standard InChI is InChI=1S/C12H24ClNO/c1-9(2)6-7-10(3)14-11(15)12(4,5)8-13/h9-10H,6-8H2,1-5H3,(H,14,15). The van der Waals surface area contributed by atoms with Crippen molar-refractivity contribution in [3.8, 4) is 0 Å². The number of alkyl halides is 1. The van der Waals surface area contributed by atoms with E-state index in [9.17, 15) is 4.79 Å².